The highest BCUT2D eigenvalue weighted by Crippen LogP contribution is 2.32. The summed E-state index contributed by atoms with van der Waals surface area (Å²) in [6, 6.07) is 17.8. The summed E-state index contributed by atoms with van der Waals surface area (Å²) >= 11 is 1.49. The molecule has 1 atom stereocenters. The Bertz CT molecular complexity index is 1070. The zero-order chi connectivity index (χ0) is 22.2. The van der Waals surface area contributed by atoms with Gasteiger partial charge in [-0.1, -0.05) is 54.2 Å². The summed E-state index contributed by atoms with van der Waals surface area (Å²) in [4.78, 5) is 32.2. The van der Waals surface area contributed by atoms with E-state index in [0.717, 1.165) is 16.9 Å². The highest BCUT2D eigenvalue weighted by atomic mass is 32.2. The van der Waals surface area contributed by atoms with E-state index in [-0.39, 0.29) is 23.1 Å². The summed E-state index contributed by atoms with van der Waals surface area (Å²) in [6.45, 7) is 4.34. The second-order valence-corrected chi connectivity index (χ2v) is 8.56. The molecule has 0 aliphatic rings. The molecule has 0 radical (unpaired) electrons. The normalized spacial score (nSPS) is 11.7. The number of H-pyrrole nitrogens is 1. The summed E-state index contributed by atoms with van der Waals surface area (Å²) in [5.74, 6) is 0.608. The minimum atomic E-state index is -0.263. The molecule has 0 saturated heterocycles. The lowest BCUT2D eigenvalue weighted by molar-refractivity contribution is -0.120. The number of hydrogen-bond donors (Lipinski definition) is 2. The number of rotatable bonds is 9. The first-order valence-electron chi connectivity index (χ1n) is 10.2. The minimum absolute atomic E-state index is 0.00989. The van der Waals surface area contributed by atoms with Crippen LogP contribution in [-0.2, 0) is 17.6 Å². The van der Waals surface area contributed by atoms with E-state index in [2.05, 4.69) is 22.2 Å². The molecule has 0 aliphatic carbocycles. The molecule has 2 aromatic carbocycles. The third-order valence-electron chi connectivity index (χ3n) is 4.99. The van der Waals surface area contributed by atoms with Gasteiger partial charge < -0.3 is 15.0 Å². The fourth-order valence-corrected chi connectivity index (χ4v) is 4.14. The van der Waals surface area contributed by atoms with Crippen molar-refractivity contribution in [2.24, 2.45) is 0 Å². The van der Waals surface area contributed by atoms with Gasteiger partial charge in [-0.15, -0.1) is 0 Å². The van der Waals surface area contributed by atoms with Crippen LogP contribution in [0.15, 0.2) is 64.5 Å². The fourth-order valence-electron chi connectivity index (χ4n) is 3.17. The molecule has 3 rings (SSSR count). The molecular weight excluding hydrogens is 410 g/mol. The highest BCUT2D eigenvalue weighted by Gasteiger charge is 2.15. The number of carbonyl (C=O) groups excluding carboxylic acids is 1. The molecule has 7 heteroatoms. The first-order chi connectivity index (χ1) is 15.0. The van der Waals surface area contributed by atoms with Gasteiger partial charge in [-0.25, -0.2) is 4.98 Å². The molecule has 0 unspecified atom stereocenters. The maximum Gasteiger partial charge on any atom is 0.255 e. The molecule has 0 aliphatic heterocycles. The molecule has 0 bridgehead atoms. The van der Waals surface area contributed by atoms with Crippen molar-refractivity contribution in [1.82, 2.24) is 15.3 Å². The van der Waals surface area contributed by atoms with Gasteiger partial charge in [-0.05, 0) is 43.5 Å². The van der Waals surface area contributed by atoms with Gasteiger partial charge in [0.15, 0.2) is 5.16 Å². The lowest BCUT2D eigenvalue weighted by Gasteiger charge is -2.12. The number of amides is 1. The zero-order valence-electron chi connectivity index (χ0n) is 18.0. The molecule has 1 heterocycles. The predicted molar refractivity (Wildman–Crippen MR) is 124 cm³/mol. The number of aromatic nitrogens is 2. The Morgan fingerprint density at radius 1 is 1.16 bits per heavy atom. The number of aryl methyl sites for hydroxylation is 1. The predicted octanol–water partition coefficient (Wildman–Crippen LogP) is 3.84. The topological polar surface area (TPSA) is 84.1 Å². The van der Waals surface area contributed by atoms with Gasteiger partial charge >= 0.3 is 0 Å². The van der Waals surface area contributed by atoms with E-state index in [4.69, 9.17) is 4.74 Å². The Labute approximate surface area is 186 Å². The highest BCUT2D eigenvalue weighted by molar-refractivity contribution is 7.99. The molecule has 31 heavy (non-hydrogen) atoms. The monoisotopic (exact) mass is 437 g/mol. The van der Waals surface area contributed by atoms with Gasteiger partial charge in [0.25, 0.3) is 5.56 Å². The van der Waals surface area contributed by atoms with Crippen LogP contribution in [0.4, 0.5) is 0 Å². The van der Waals surface area contributed by atoms with Gasteiger partial charge in [0.1, 0.15) is 5.75 Å². The van der Waals surface area contributed by atoms with Crippen LogP contribution in [-0.4, -0.2) is 29.5 Å². The number of hydrogen-bond acceptors (Lipinski definition) is 5. The summed E-state index contributed by atoms with van der Waals surface area (Å²) in [6.07, 6.45) is 0.715. The number of nitrogens with one attached hydrogen (secondary N) is 2. The second kappa shape index (κ2) is 10.8. The molecular formula is C24H27N3O3S. The van der Waals surface area contributed by atoms with Crippen LogP contribution in [0, 0.1) is 6.92 Å². The Hall–Kier alpha value is -3.06. The van der Waals surface area contributed by atoms with E-state index in [1.807, 2.05) is 54.6 Å². The zero-order valence-corrected chi connectivity index (χ0v) is 18.8. The maximum atomic E-state index is 12.6. The largest absolute Gasteiger partial charge is 0.497 e. The average molecular weight is 438 g/mol. The minimum Gasteiger partial charge on any atom is -0.497 e. The number of nitrogens with zero attached hydrogens (tertiary/aromatic N) is 1. The third kappa shape index (κ3) is 6.46. The molecule has 3 aromatic rings. The fraction of sp³-hybridized carbons (Fsp3) is 0.292. The molecule has 1 amide bonds. The van der Waals surface area contributed by atoms with Crippen molar-refractivity contribution >= 4 is 17.7 Å². The molecule has 0 spiro atoms. The number of aromatic amines is 1. The van der Waals surface area contributed by atoms with Gasteiger partial charge in [0, 0.05) is 23.1 Å². The number of carbonyl (C=O) groups is 1. The van der Waals surface area contributed by atoms with Crippen LogP contribution in [0.2, 0.25) is 0 Å². The Morgan fingerprint density at radius 2 is 1.87 bits per heavy atom. The first-order valence-corrected chi connectivity index (χ1v) is 11.0. The third-order valence-corrected chi connectivity index (χ3v) is 6.03. The van der Waals surface area contributed by atoms with Crippen LogP contribution in [0.5, 0.6) is 5.75 Å². The van der Waals surface area contributed by atoms with Crippen molar-refractivity contribution in [1.29, 1.82) is 0 Å². The van der Waals surface area contributed by atoms with Crippen molar-refractivity contribution in [3.8, 4) is 5.75 Å². The van der Waals surface area contributed by atoms with Crippen LogP contribution in [0.25, 0.3) is 0 Å². The SMILES string of the molecule is COc1ccc(CCNC(=O)Cc2c(C)nc(S[C@@H](C)c3ccccc3)[nH]c2=O)cc1. The van der Waals surface area contributed by atoms with E-state index in [9.17, 15) is 9.59 Å². The lowest BCUT2D eigenvalue weighted by atomic mass is 10.1. The molecule has 0 saturated carbocycles. The van der Waals surface area contributed by atoms with Crippen molar-refractivity contribution in [3.05, 3.63) is 87.3 Å². The van der Waals surface area contributed by atoms with Crippen LogP contribution < -0.4 is 15.6 Å². The first kappa shape index (κ1) is 22.6. The van der Waals surface area contributed by atoms with E-state index >= 15 is 0 Å². The van der Waals surface area contributed by atoms with E-state index < -0.39 is 0 Å². The van der Waals surface area contributed by atoms with E-state index in [1.165, 1.54) is 11.8 Å². The maximum absolute atomic E-state index is 12.6. The van der Waals surface area contributed by atoms with Crippen LogP contribution in [0.3, 0.4) is 0 Å². The van der Waals surface area contributed by atoms with Crippen LogP contribution in [0.1, 0.15) is 34.6 Å². The number of thioether (sulfide) groups is 1. The number of methoxy groups -OCH3 is 1. The average Bonchev–Trinajstić information content (AvgIpc) is 2.77. The Kier molecular flexibility index (Phi) is 7.89. The Morgan fingerprint density at radius 3 is 2.52 bits per heavy atom. The van der Waals surface area contributed by atoms with Crippen molar-refractivity contribution in [3.63, 3.8) is 0 Å². The summed E-state index contributed by atoms with van der Waals surface area (Å²) in [5.41, 5.74) is 2.98. The standard InChI is InChI=1S/C24H27N3O3S/c1-16-21(15-22(28)25-14-13-18-9-11-20(30-3)12-10-18)23(29)27-24(26-16)31-17(2)19-7-5-4-6-8-19/h4-12,17H,13-15H2,1-3H3,(H,25,28)(H,26,27,29)/t17-/m0/s1. The Balaban J connectivity index is 1.55. The van der Waals surface area contributed by atoms with Crippen molar-refractivity contribution in [2.45, 2.75) is 37.1 Å². The molecule has 6 nitrogen and oxygen atoms in total. The van der Waals surface area contributed by atoms with Gasteiger partial charge in [0.2, 0.25) is 5.91 Å². The molecule has 2 N–H and O–H groups in total. The molecule has 162 valence electrons. The van der Waals surface area contributed by atoms with Crippen LogP contribution >= 0.6 is 11.8 Å². The van der Waals surface area contributed by atoms with Gasteiger partial charge in [-0.2, -0.15) is 0 Å². The summed E-state index contributed by atoms with van der Waals surface area (Å²) < 4.78 is 5.14. The van der Waals surface area contributed by atoms with E-state index in [1.54, 1.807) is 14.0 Å². The van der Waals surface area contributed by atoms with Crippen molar-refractivity contribution in [2.75, 3.05) is 13.7 Å². The summed E-state index contributed by atoms with van der Waals surface area (Å²) in [5, 5.41) is 3.58. The van der Waals surface area contributed by atoms with Crippen molar-refractivity contribution < 1.29 is 9.53 Å². The second-order valence-electron chi connectivity index (χ2n) is 7.23. The molecule has 0 fully saturated rings. The van der Waals surface area contributed by atoms with Gasteiger partial charge in [0.05, 0.1) is 13.5 Å². The quantitative estimate of drug-likeness (QED) is 0.392. The summed E-state index contributed by atoms with van der Waals surface area (Å²) in [7, 11) is 1.63. The van der Waals surface area contributed by atoms with Gasteiger partial charge in [-0.3, -0.25) is 9.59 Å². The number of benzene rings is 2. The smallest absolute Gasteiger partial charge is 0.255 e. The lowest BCUT2D eigenvalue weighted by Crippen LogP contribution is -2.30. The number of ether oxygens (including phenoxy) is 1. The molecule has 1 aromatic heterocycles. The van der Waals surface area contributed by atoms with E-state index in [0.29, 0.717) is 29.4 Å².